The van der Waals surface area contributed by atoms with Crippen molar-refractivity contribution < 1.29 is 9.47 Å². The minimum atomic E-state index is 0.376. The summed E-state index contributed by atoms with van der Waals surface area (Å²) in [6, 6.07) is 9.82. The van der Waals surface area contributed by atoms with Crippen LogP contribution in [0.2, 0.25) is 0 Å². The predicted molar refractivity (Wildman–Crippen MR) is 123 cm³/mol. The highest BCUT2D eigenvalue weighted by Gasteiger charge is 2.18. The lowest BCUT2D eigenvalue weighted by atomic mass is 9.99. The topological polar surface area (TPSA) is 99.5 Å². The Hall–Kier alpha value is -3.32. The fourth-order valence-electron chi connectivity index (χ4n) is 3.79. The molecular weight excluding hydrogens is 378 g/mol. The second-order valence-electron chi connectivity index (χ2n) is 7.73. The van der Waals surface area contributed by atoms with E-state index in [1.165, 1.54) is 0 Å². The van der Waals surface area contributed by atoms with Crippen LogP contribution in [0.4, 0.5) is 11.5 Å². The molecule has 0 aliphatic carbocycles. The highest BCUT2D eigenvalue weighted by molar-refractivity contribution is 6.23. The zero-order valence-electron chi connectivity index (χ0n) is 17.8. The summed E-state index contributed by atoms with van der Waals surface area (Å²) in [6.07, 6.45) is 0.951. The standard InChI is InChI=1S/C23H27N5O2/c1-13-17(24)9-8-16-19-15-7-6-14(30-11-5-10-28(2)3)12-18(15)26-23(29-4)20(19)22(25)27-21(13)16/h6-9,12H,5,10-11,24H2,1-4H3,(H2,25,27). The Morgan fingerprint density at radius 1 is 1.00 bits per heavy atom. The molecule has 0 saturated heterocycles. The number of nitrogen functional groups attached to an aromatic ring is 2. The number of aromatic nitrogens is 2. The number of fused-ring (bicyclic) bond motifs is 5. The Labute approximate surface area is 175 Å². The van der Waals surface area contributed by atoms with Crippen LogP contribution in [0, 0.1) is 6.92 Å². The molecule has 0 aliphatic heterocycles. The molecule has 4 aromatic rings. The number of methoxy groups -OCH3 is 1. The molecule has 7 nitrogen and oxygen atoms in total. The Balaban J connectivity index is 1.92. The van der Waals surface area contributed by atoms with Crippen molar-refractivity contribution in [1.82, 2.24) is 14.9 Å². The molecule has 0 radical (unpaired) electrons. The van der Waals surface area contributed by atoms with Crippen LogP contribution in [0.5, 0.6) is 11.6 Å². The maximum atomic E-state index is 6.34. The van der Waals surface area contributed by atoms with Crippen molar-refractivity contribution in [3.8, 4) is 11.6 Å². The number of benzene rings is 2. The molecule has 0 fully saturated rings. The van der Waals surface area contributed by atoms with E-state index in [1.54, 1.807) is 7.11 Å². The van der Waals surface area contributed by atoms with Crippen molar-refractivity contribution in [2.75, 3.05) is 45.8 Å². The first-order chi connectivity index (χ1) is 14.4. The van der Waals surface area contributed by atoms with Crippen molar-refractivity contribution >= 4 is 44.1 Å². The van der Waals surface area contributed by atoms with Gasteiger partial charge in [0, 0.05) is 34.5 Å². The first-order valence-electron chi connectivity index (χ1n) is 9.94. The quantitative estimate of drug-likeness (QED) is 0.286. The maximum Gasteiger partial charge on any atom is 0.225 e. The summed E-state index contributed by atoms with van der Waals surface area (Å²) in [5.74, 6) is 1.60. The number of aryl methyl sites for hydroxylation is 1. The van der Waals surface area contributed by atoms with E-state index in [-0.39, 0.29) is 0 Å². The van der Waals surface area contributed by atoms with Crippen LogP contribution < -0.4 is 20.9 Å². The molecule has 0 amide bonds. The van der Waals surface area contributed by atoms with Gasteiger partial charge < -0.3 is 25.8 Å². The summed E-state index contributed by atoms with van der Waals surface area (Å²) in [4.78, 5) is 11.4. The highest BCUT2D eigenvalue weighted by Crippen LogP contribution is 2.40. The fraction of sp³-hybridized carbons (Fsp3) is 0.304. The molecule has 156 valence electrons. The monoisotopic (exact) mass is 405 g/mol. The lowest BCUT2D eigenvalue weighted by molar-refractivity contribution is 0.282. The Bertz CT molecular complexity index is 1250. The number of hydrogen-bond acceptors (Lipinski definition) is 7. The van der Waals surface area contributed by atoms with Crippen LogP contribution in [-0.2, 0) is 0 Å². The van der Waals surface area contributed by atoms with Crippen molar-refractivity contribution in [3.63, 3.8) is 0 Å². The zero-order chi connectivity index (χ0) is 21.4. The van der Waals surface area contributed by atoms with Crippen molar-refractivity contribution in [2.45, 2.75) is 13.3 Å². The van der Waals surface area contributed by atoms with E-state index in [0.717, 1.165) is 51.5 Å². The van der Waals surface area contributed by atoms with E-state index in [2.05, 4.69) is 24.0 Å². The molecule has 2 aromatic carbocycles. The van der Waals surface area contributed by atoms with E-state index >= 15 is 0 Å². The van der Waals surface area contributed by atoms with Gasteiger partial charge in [-0.05, 0) is 51.2 Å². The lowest BCUT2D eigenvalue weighted by Crippen LogP contribution is -2.15. The summed E-state index contributed by atoms with van der Waals surface area (Å²) < 4.78 is 11.5. The van der Waals surface area contributed by atoms with Gasteiger partial charge in [-0.3, -0.25) is 0 Å². The third kappa shape index (κ3) is 3.41. The molecule has 4 rings (SSSR count). The zero-order valence-corrected chi connectivity index (χ0v) is 17.8. The predicted octanol–water partition coefficient (Wildman–Crippen LogP) is 3.75. The first kappa shape index (κ1) is 20.0. The van der Waals surface area contributed by atoms with Gasteiger partial charge in [0.25, 0.3) is 0 Å². The molecular formula is C23H27N5O2. The molecule has 2 aromatic heterocycles. The Kier molecular flexibility index (Phi) is 5.22. The van der Waals surface area contributed by atoms with Crippen LogP contribution in [0.25, 0.3) is 32.6 Å². The van der Waals surface area contributed by atoms with Crippen LogP contribution >= 0.6 is 0 Å². The summed E-state index contributed by atoms with van der Waals surface area (Å²) in [5.41, 5.74) is 15.6. The molecule has 7 heteroatoms. The molecule has 0 spiro atoms. The van der Waals surface area contributed by atoms with Crippen molar-refractivity contribution in [3.05, 3.63) is 35.9 Å². The third-order valence-electron chi connectivity index (χ3n) is 5.37. The first-order valence-corrected chi connectivity index (χ1v) is 9.94. The van der Waals surface area contributed by atoms with Gasteiger partial charge in [-0.1, -0.05) is 6.07 Å². The smallest absolute Gasteiger partial charge is 0.225 e. The average molecular weight is 406 g/mol. The highest BCUT2D eigenvalue weighted by atomic mass is 16.5. The third-order valence-corrected chi connectivity index (χ3v) is 5.37. The number of pyridine rings is 2. The summed E-state index contributed by atoms with van der Waals surface area (Å²) in [7, 11) is 5.70. The number of nitrogens with zero attached hydrogens (tertiary/aromatic N) is 3. The van der Waals surface area contributed by atoms with E-state index < -0.39 is 0 Å². The number of hydrogen-bond donors (Lipinski definition) is 2. The van der Waals surface area contributed by atoms with E-state index in [9.17, 15) is 0 Å². The lowest BCUT2D eigenvalue weighted by Gasteiger charge is -2.15. The fourth-order valence-corrected chi connectivity index (χ4v) is 3.79. The van der Waals surface area contributed by atoms with Gasteiger partial charge in [-0.15, -0.1) is 0 Å². The van der Waals surface area contributed by atoms with Crippen LogP contribution in [0.1, 0.15) is 12.0 Å². The van der Waals surface area contributed by atoms with E-state index in [4.69, 9.17) is 25.9 Å². The van der Waals surface area contributed by atoms with Crippen LogP contribution in [-0.4, -0.2) is 49.2 Å². The second-order valence-corrected chi connectivity index (χ2v) is 7.73. The molecule has 2 heterocycles. The van der Waals surface area contributed by atoms with Gasteiger partial charge in [0.1, 0.15) is 11.6 Å². The largest absolute Gasteiger partial charge is 0.493 e. The minimum absolute atomic E-state index is 0.376. The van der Waals surface area contributed by atoms with Gasteiger partial charge in [-0.25, -0.2) is 9.97 Å². The minimum Gasteiger partial charge on any atom is -0.493 e. The van der Waals surface area contributed by atoms with Crippen molar-refractivity contribution in [2.24, 2.45) is 0 Å². The van der Waals surface area contributed by atoms with Gasteiger partial charge in [0.05, 0.1) is 30.1 Å². The van der Waals surface area contributed by atoms with Crippen LogP contribution in [0.3, 0.4) is 0 Å². The molecule has 4 N–H and O–H groups in total. The molecule has 0 unspecified atom stereocenters. The van der Waals surface area contributed by atoms with Gasteiger partial charge in [0.15, 0.2) is 0 Å². The van der Waals surface area contributed by atoms with Crippen LogP contribution in [0.15, 0.2) is 30.3 Å². The number of nitrogens with two attached hydrogens (primary N) is 2. The average Bonchev–Trinajstić information content (AvgIpc) is 2.73. The summed E-state index contributed by atoms with van der Waals surface area (Å²) in [5, 5.41) is 3.61. The molecule has 0 atom stereocenters. The maximum absolute atomic E-state index is 6.34. The molecule has 0 bridgehead atoms. The van der Waals surface area contributed by atoms with Crippen molar-refractivity contribution in [1.29, 1.82) is 0 Å². The SMILES string of the molecule is COc1nc2cc(OCCCN(C)C)ccc2c2c1c(N)nc1c(C)c(N)ccc12. The number of anilines is 2. The molecule has 0 aliphatic rings. The molecule has 0 saturated carbocycles. The van der Waals surface area contributed by atoms with Gasteiger partial charge in [-0.2, -0.15) is 0 Å². The molecule has 30 heavy (non-hydrogen) atoms. The van der Waals surface area contributed by atoms with Gasteiger partial charge in [0.2, 0.25) is 5.88 Å². The van der Waals surface area contributed by atoms with E-state index in [1.807, 2.05) is 37.3 Å². The van der Waals surface area contributed by atoms with Gasteiger partial charge >= 0.3 is 0 Å². The normalized spacial score (nSPS) is 11.6. The summed E-state index contributed by atoms with van der Waals surface area (Å²) in [6.45, 7) is 3.58. The second kappa shape index (κ2) is 7.84. The Morgan fingerprint density at radius 3 is 2.50 bits per heavy atom. The number of ether oxygens (including phenoxy) is 2. The Morgan fingerprint density at radius 2 is 1.77 bits per heavy atom. The van der Waals surface area contributed by atoms with E-state index in [0.29, 0.717) is 29.4 Å². The summed E-state index contributed by atoms with van der Waals surface area (Å²) >= 11 is 0. The number of rotatable bonds is 6.